The van der Waals surface area contributed by atoms with Gasteiger partial charge in [-0.3, -0.25) is 4.79 Å². The number of fused-ring (bicyclic) bond motifs is 1. The highest BCUT2D eigenvalue weighted by Crippen LogP contribution is 2.32. The number of benzene rings is 1. The summed E-state index contributed by atoms with van der Waals surface area (Å²) in [5.41, 5.74) is 8.61. The summed E-state index contributed by atoms with van der Waals surface area (Å²) in [5, 5.41) is 2.80. The Hall–Kier alpha value is -1.83. The van der Waals surface area contributed by atoms with E-state index < -0.39 is 0 Å². The topological polar surface area (TPSA) is 85.1 Å². The number of imidazole rings is 1. The predicted octanol–water partition coefficient (Wildman–Crippen LogP) is 2.60. The Kier molecular flexibility index (Phi) is 6.04. The average molecular weight is 369 g/mol. The molecule has 1 amide bonds. The van der Waals surface area contributed by atoms with E-state index >= 15 is 0 Å². The van der Waals surface area contributed by atoms with E-state index in [1.807, 2.05) is 24.4 Å². The maximum atomic E-state index is 11.2. The molecule has 6 nitrogen and oxygen atoms in total. The molecule has 0 spiro atoms. The van der Waals surface area contributed by atoms with E-state index in [2.05, 4.69) is 14.9 Å². The van der Waals surface area contributed by atoms with Crippen LogP contribution in [0.1, 0.15) is 24.2 Å². The molecule has 4 N–H and O–H groups in total. The Morgan fingerprint density at radius 2 is 2.33 bits per heavy atom. The molecule has 2 heterocycles. The van der Waals surface area contributed by atoms with Gasteiger partial charge in [-0.05, 0) is 42.5 Å². The van der Waals surface area contributed by atoms with Gasteiger partial charge in [0.1, 0.15) is 12.4 Å². The molecule has 3 rings (SSSR count). The Morgan fingerprint density at radius 1 is 1.54 bits per heavy atom. The average Bonchev–Trinajstić information content (AvgIpc) is 2.87. The molecular formula is C16H21ClN4O2S. The number of H-pyrrole nitrogens is 1. The van der Waals surface area contributed by atoms with Crippen LogP contribution in [0.5, 0.6) is 5.75 Å². The quantitative estimate of drug-likeness (QED) is 0.724. The van der Waals surface area contributed by atoms with Crippen molar-refractivity contribution in [2.75, 3.05) is 18.5 Å². The van der Waals surface area contributed by atoms with Gasteiger partial charge in [-0.1, -0.05) is 0 Å². The summed E-state index contributed by atoms with van der Waals surface area (Å²) < 4.78 is 8.66. The molecule has 0 saturated carbocycles. The molecule has 0 bridgehead atoms. The van der Waals surface area contributed by atoms with Gasteiger partial charge in [-0.15, -0.1) is 12.4 Å². The van der Waals surface area contributed by atoms with Crippen molar-refractivity contribution in [2.45, 2.75) is 25.8 Å². The zero-order valence-corrected chi connectivity index (χ0v) is 15.0. The van der Waals surface area contributed by atoms with E-state index in [0.29, 0.717) is 17.9 Å². The summed E-state index contributed by atoms with van der Waals surface area (Å²) >= 11 is 5.40. The van der Waals surface area contributed by atoms with Gasteiger partial charge in [-0.2, -0.15) is 0 Å². The molecule has 1 aliphatic rings. The first-order chi connectivity index (χ1) is 11.1. The third kappa shape index (κ3) is 3.80. The second kappa shape index (κ2) is 7.83. The van der Waals surface area contributed by atoms with E-state index in [-0.39, 0.29) is 24.4 Å². The Labute approximate surface area is 151 Å². The largest absolute Gasteiger partial charge is 0.491 e. The lowest BCUT2D eigenvalue weighted by Crippen LogP contribution is -2.26. The highest BCUT2D eigenvalue weighted by Gasteiger charge is 2.24. The lowest BCUT2D eigenvalue weighted by molar-refractivity contribution is -0.114. The van der Waals surface area contributed by atoms with E-state index in [0.717, 1.165) is 35.5 Å². The van der Waals surface area contributed by atoms with Crippen LogP contribution < -0.4 is 15.8 Å². The van der Waals surface area contributed by atoms with Gasteiger partial charge in [-0.25, -0.2) is 0 Å². The smallest absolute Gasteiger partial charge is 0.221 e. The van der Waals surface area contributed by atoms with E-state index in [1.54, 1.807) is 0 Å². The minimum absolute atomic E-state index is 0. The van der Waals surface area contributed by atoms with Crippen molar-refractivity contribution in [1.29, 1.82) is 0 Å². The highest BCUT2D eigenvalue weighted by molar-refractivity contribution is 7.71. The van der Waals surface area contributed by atoms with Crippen LogP contribution in [0.25, 0.3) is 0 Å². The number of hydrogen-bond donors (Lipinski definition) is 3. The van der Waals surface area contributed by atoms with Gasteiger partial charge in [0, 0.05) is 37.3 Å². The molecule has 0 radical (unpaired) electrons. The van der Waals surface area contributed by atoms with Crippen molar-refractivity contribution in [3.05, 3.63) is 40.4 Å². The van der Waals surface area contributed by atoms with Crippen LogP contribution in [-0.4, -0.2) is 28.6 Å². The van der Waals surface area contributed by atoms with Gasteiger partial charge in [0.2, 0.25) is 5.91 Å². The van der Waals surface area contributed by atoms with Crippen LogP contribution in [0, 0.1) is 4.77 Å². The Bertz CT molecular complexity index is 787. The number of anilines is 1. The van der Waals surface area contributed by atoms with Crippen LogP contribution in [0.4, 0.5) is 5.69 Å². The first-order valence-electron chi connectivity index (χ1n) is 7.60. The van der Waals surface area contributed by atoms with Crippen molar-refractivity contribution < 1.29 is 9.53 Å². The van der Waals surface area contributed by atoms with Crippen LogP contribution in [0.3, 0.4) is 0 Å². The number of hydrogen-bond acceptors (Lipinski definition) is 4. The third-order valence-electron chi connectivity index (χ3n) is 3.92. The molecule has 0 aliphatic carbocycles. The third-order valence-corrected chi connectivity index (χ3v) is 4.24. The van der Waals surface area contributed by atoms with Crippen molar-refractivity contribution in [2.24, 2.45) is 5.73 Å². The van der Waals surface area contributed by atoms with Gasteiger partial charge in [0.05, 0.1) is 6.04 Å². The number of carbonyl (C=O) groups excluding carboxylic acids is 1. The van der Waals surface area contributed by atoms with Crippen LogP contribution in [0.2, 0.25) is 0 Å². The molecule has 1 aromatic heterocycles. The normalized spacial score (nSPS) is 15.8. The zero-order chi connectivity index (χ0) is 16.4. The fourth-order valence-electron chi connectivity index (χ4n) is 2.98. The molecule has 1 aliphatic heterocycles. The zero-order valence-electron chi connectivity index (χ0n) is 13.4. The maximum absolute atomic E-state index is 11.2. The minimum atomic E-state index is -0.0867. The second-order valence-electron chi connectivity index (χ2n) is 5.67. The maximum Gasteiger partial charge on any atom is 0.221 e. The first-order valence-corrected chi connectivity index (χ1v) is 8.01. The van der Waals surface area contributed by atoms with Crippen molar-refractivity contribution in [3.8, 4) is 5.75 Å². The summed E-state index contributed by atoms with van der Waals surface area (Å²) in [5.74, 6) is 0.772. The molecule has 1 unspecified atom stereocenters. The van der Waals surface area contributed by atoms with E-state index in [1.165, 1.54) is 6.92 Å². The van der Waals surface area contributed by atoms with Crippen LogP contribution in [-0.2, 0) is 17.6 Å². The van der Waals surface area contributed by atoms with Crippen molar-refractivity contribution in [1.82, 2.24) is 9.55 Å². The monoisotopic (exact) mass is 368 g/mol. The Balaban J connectivity index is 0.00000208. The molecule has 130 valence electrons. The lowest BCUT2D eigenvalue weighted by Gasteiger charge is -2.28. The molecular weight excluding hydrogens is 348 g/mol. The molecule has 0 fully saturated rings. The summed E-state index contributed by atoms with van der Waals surface area (Å²) in [4.78, 5) is 14.3. The van der Waals surface area contributed by atoms with E-state index in [9.17, 15) is 4.79 Å². The van der Waals surface area contributed by atoms with Gasteiger partial charge < -0.3 is 25.3 Å². The number of rotatable bonds is 4. The van der Waals surface area contributed by atoms with Crippen molar-refractivity contribution in [3.63, 3.8) is 0 Å². The lowest BCUT2D eigenvalue weighted by atomic mass is 10.0. The number of aromatic nitrogens is 2. The van der Waals surface area contributed by atoms with Crippen molar-refractivity contribution >= 4 is 36.2 Å². The number of ether oxygens (including phenoxy) is 1. The van der Waals surface area contributed by atoms with Gasteiger partial charge in [0.15, 0.2) is 4.77 Å². The molecule has 0 saturated heterocycles. The number of carbonyl (C=O) groups is 1. The van der Waals surface area contributed by atoms with Crippen LogP contribution >= 0.6 is 24.6 Å². The molecule has 1 atom stereocenters. The second-order valence-corrected chi connectivity index (χ2v) is 6.05. The molecule has 1 aromatic carbocycles. The highest BCUT2D eigenvalue weighted by atomic mass is 35.5. The summed E-state index contributed by atoms with van der Waals surface area (Å²) in [7, 11) is 0. The minimum Gasteiger partial charge on any atom is -0.491 e. The number of halogens is 1. The first kappa shape index (κ1) is 18.5. The standard InChI is InChI=1S/C16H20N4O2S.ClH/c1-10(21)19-12-2-3-15-11(6-12)7-14(9-22-15)20-13(4-5-17)8-18-16(20)23;/h2-3,6,8,14H,4-5,7,9,17H2,1H3,(H,18,23)(H,19,21);1H. The van der Waals surface area contributed by atoms with E-state index in [4.69, 9.17) is 22.7 Å². The number of amides is 1. The summed E-state index contributed by atoms with van der Waals surface area (Å²) in [6.07, 6.45) is 3.48. The molecule has 8 heteroatoms. The predicted molar refractivity (Wildman–Crippen MR) is 98.6 cm³/mol. The number of nitrogens with zero attached hydrogens (tertiary/aromatic N) is 1. The number of aromatic amines is 1. The fraction of sp³-hybridized carbons (Fsp3) is 0.375. The summed E-state index contributed by atoms with van der Waals surface area (Å²) in [6, 6.07) is 5.83. The van der Waals surface area contributed by atoms with Gasteiger partial charge >= 0.3 is 0 Å². The Morgan fingerprint density at radius 3 is 3.04 bits per heavy atom. The number of nitrogens with one attached hydrogen (secondary N) is 2. The fourth-order valence-corrected chi connectivity index (χ4v) is 3.31. The van der Waals surface area contributed by atoms with Crippen LogP contribution in [0.15, 0.2) is 24.4 Å². The summed E-state index contributed by atoms with van der Waals surface area (Å²) in [6.45, 7) is 2.64. The van der Waals surface area contributed by atoms with Gasteiger partial charge in [0.25, 0.3) is 0 Å². The molecule has 2 aromatic rings. The SMILES string of the molecule is CC(=O)Nc1ccc2c(c1)CC(n1c(CCN)c[nH]c1=S)CO2.Cl. The number of nitrogens with two attached hydrogens (primary N) is 1. The molecule has 24 heavy (non-hydrogen) atoms.